The van der Waals surface area contributed by atoms with Crippen molar-refractivity contribution in [1.29, 1.82) is 0 Å². The van der Waals surface area contributed by atoms with Gasteiger partial charge in [-0.3, -0.25) is 4.57 Å². The van der Waals surface area contributed by atoms with Crippen LogP contribution in [0.5, 0.6) is 0 Å². The molecule has 112 valence electrons. The van der Waals surface area contributed by atoms with Gasteiger partial charge in [-0.05, 0) is 25.7 Å². The minimum absolute atomic E-state index is 0.120. The summed E-state index contributed by atoms with van der Waals surface area (Å²) in [6.45, 7) is 0.372. The fourth-order valence-electron chi connectivity index (χ4n) is 3.08. The highest BCUT2D eigenvalue weighted by atomic mass is 31.2. The molecule has 0 aromatic rings. The normalized spacial score (nSPS) is 23.6. The second-order valence-electron chi connectivity index (χ2n) is 5.85. The first-order valence-corrected chi connectivity index (χ1v) is 9.60. The lowest BCUT2D eigenvalue weighted by Crippen LogP contribution is -2.23. The van der Waals surface area contributed by atoms with Gasteiger partial charge in [-0.1, -0.05) is 38.5 Å². The lowest BCUT2D eigenvalue weighted by molar-refractivity contribution is 0.0794. The molecule has 0 bridgehead atoms. The lowest BCUT2D eigenvalue weighted by atomic mass is 9.98. The number of rotatable bonds is 6. The first kappa shape index (κ1) is 15.5. The van der Waals surface area contributed by atoms with Crippen LogP contribution in [-0.2, 0) is 13.6 Å². The Morgan fingerprint density at radius 3 is 1.63 bits per heavy atom. The molecular weight excluding hydrogens is 261 g/mol. The average Bonchev–Trinajstić information content (AvgIpc) is 2.41. The molecule has 0 atom stereocenters. The Kier molecular flexibility index (Phi) is 6.34. The highest BCUT2D eigenvalue weighted by Crippen LogP contribution is 2.52. The van der Waals surface area contributed by atoms with Crippen LogP contribution in [0.25, 0.3) is 0 Å². The van der Waals surface area contributed by atoms with Crippen molar-refractivity contribution in [2.24, 2.45) is 5.73 Å². The Labute approximate surface area is 117 Å². The van der Waals surface area contributed by atoms with E-state index in [0.717, 1.165) is 25.7 Å². The minimum atomic E-state index is -2.98. The summed E-state index contributed by atoms with van der Waals surface area (Å²) >= 11 is 0. The van der Waals surface area contributed by atoms with E-state index in [-0.39, 0.29) is 12.2 Å². The predicted molar refractivity (Wildman–Crippen MR) is 77.4 cm³/mol. The third-order valence-electron chi connectivity index (χ3n) is 4.13. The molecule has 4 nitrogen and oxygen atoms in total. The first-order chi connectivity index (χ1) is 9.22. The summed E-state index contributed by atoms with van der Waals surface area (Å²) in [5.41, 5.74) is 5.59. The molecule has 0 amide bonds. The second-order valence-corrected chi connectivity index (χ2v) is 7.94. The number of hydrogen-bond donors (Lipinski definition) is 1. The van der Waals surface area contributed by atoms with Crippen molar-refractivity contribution in [3.05, 3.63) is 0 Å². The van der Waals surface area contributed by atoms with E-state index in [0.29, 0.717) is 12.7 Å². The summed E-state index contributed by atoms with van der Waals surface area (Å²) in [4.78, 5) is 0. The van der Waals surface area contributed by atoms with Crippen LogP contribution in [0.15, 0.2) is 0 Å². The molecule has 0 radical (unpaired) electrons. The molecule has 0 unspecified atom stereocenters. The molecule has 2 saturated carbocycles. The maximum Gasteiger partial charge on any atom is 0.332 e. The van der Waals surface area contributed by atoms with Gasteiger partial charge in [0.1, 0.15) is 0 Å². The molecule has 2 fully saturated rings. The van der Waals surface area contributed by atoms with Crippen molar-refractivity contribution < 1.29 is 13.6 Å². The van der Waals surface area contributed by atoms with Gasteiger partial charge in [0.25, 0.3) is 0 Å². The Balaban J connectivity index is 1.89. The molecule has 0 aromatic carbocycles. The van der Waals surface area contributed by atoms with E-state index in [1.807, 2.05) is 0 Å². The third-order valence-corrected chi connectivity index (χ3v) is 6.17. The van der Waals surface area contributed by atoms with Crippen LogP contribution in [0.1, 0.15) is 64.2 Å². The average molecular weight is 289 g/mol. The quantitative estimate of drug-likeness (QED) is 0.755. The topological polar surface area (TPSA) is 61.6 Å². The van der Waals surface area contributed by atoms with Gasteiger partial charge >= 0.3 is 7.60 Å². The molecule has 0 heterocycles. The maximum atomic E-state index is 12.8. The van der Waals surface area contributed by atoms with Crippen molar-refractivity contribution in [2.45, 2.75) is 76.4 Å². The van der Waals surface area contributed by atoms with Crippen LogP contribution in [0.4, 0.5) is 0 Å². The van der Waals surface area contributed by atoms with Crippen LogP contribution in [0.2, 0.25) is 0 Å². The molecule has 2 aliphatic carbocycles. The number of nitrogens with two attached hydrogens (primary N) is 1. The van der Waals surface area contributed by atoms with Gasteiger partial charge in [0.2, 0.25) is 0 Å². The zero-order valence-corrected chi connectivity index (χ0v) is 12.8. The van der Waals surface area contributed by atoms with E-state index in [2.05, 4.69) is 0 Å². The number of hydrogen-bond acceptors (Lipinski definition) is 4. The summed E-state index contributed by atoms with van der Waals surface area (Å²) in [7, 11) is -2.98. The van der Waals surface area contributed by atoms with Crippen LogP contribution in [0, 0.1) is 0 Å². The highest BCUT2D eigenvalue weighted by Gasteiger charge is 2.32. The molecule has 19 heavy (non-hydrogen) atoms. The van der Waals surface area contributed by atoms with E-state index in [9.17, 15) is 4.57 Å². The van der Waals surface area contributed by atoms with E-state index in [1.54, 1.807) is 0 Å². The minimum Gasteiger partial charge on any atom is -0.330 e. The lowest BCUT2D eigenvalue weighted by Gasteiger charge is -2.31. The van der Waals surface area contributed by atoms with Gasteiger partial charge in [-0.2, -0.15) is 0 Å². The third kappa shape index (κ3) is 5.18. The van der Waals surface area contributed by atoms with E-state index in [4.69, 9.17) is 14.8 Å². The highest BCUT2D eigenvalue weighted by molar-refractivity contribution is 7.53. The molecule has 0 spiro atoms. The van der Waals surface area contributed by atoms with E-state index < -0.39 is 7.60 Å². The molecule has 2 rings (SSSR count). The monoisotopic (exact) mass is 289 g/mol. The Bertz CT molecular complexity index is 275. The molecule has 5 heteroatoms. The van der Waals surface area contributed by atoms with Gasteiger partial charge in [-0.25, -0.2) is 0 Å². The zero-order chi connectivity index (χ0) is 13.6. The van der Waals surface area contributed by atoms with Crippen molar-refractivity contribution in [2.75, 3.05) is 12.7 Å². The van der Waals surface area contributed by atoms with E-state index in [1.165, 1.54) is 38.5 Å². The summed E-state index contributed by atoms with van der Waals surface area (Å²) in [6, 6.07) is 0. The fraction of sp³-hybridized carbons (Fsp3) is 1.00. The standard InChI is InChI=1S/C14H28NO3P/c15-11-12-19(16,17-13-7-3-1-4-8-13)18-14-9-5-2-6-10-14/h13-14H,1-12,15H2. The van der Waals surface area contributed by atoms with Crippen molar-refractivity contribution in [3.8, 4) is 0 Å². The van der Waals surface area contributed by atoms with Gasteiger partial charge in [0.05, 0.1) is 18.4 Å². The summed E-state index contributed by atoms with van der Waals surface area (Å²) in [6.07, 6.45) is 11.9. The summed E-state index contributed by atoms with van der Waals surface area (Å²) in [5.74, 6) is 0. The zero-order valence-electron chi connectivity index (χ0n) is 11.9. The van der Waals surface area contributed by atoms with E-state index >= 15 is 0 Å². The molecule has 0 saturated heterocycles. The largest absolute Gasteiger partial charge is 0.332 e. The predicted octanol–water partition coefficient (Wildman–Crippen LogP) is 3.84. The Hall–Kier alpha value is 0.110. The van der Waals surface area contributed by atoms with Gasteiger partial charge in [-0.15, -0.1) is 0 Å². The van der Waals surface area contributed by atoms with Crippen LogP contribution >= 0.6 is 7.60 Å². The van der Waals surface area contributed by atoms with Crippen LogP contribution in [0.3, 0.4) is 0 Å². The molecule has 2 aliphatic rings. The Morgan fingerprint density at radius 1 is 0.842 bits per heavy atom. The van der Waals surface area contributed by atoms with Crippen molar-refractivity contribution in [3.63, 3.8) is 0 Å². The molecule has 2 N–H and O–H groups in total. The molecule has 0 aliphatic heterocycles. The van der Waals surface area contributed by atoms with Crippen molar-refractivity contribution in [1.82, 2.24) is 0 Å². The molecule has 0 aromatic heterocycles. The maximum absolute atomic E-state index is 12.8. The van der Waals surface area contributed by atoms with Crippen LogP contribution in [-0.4, -0.2) is 24.9 Å². The first-order valence-electron chi connectivity index (χ1n) is 7.88. The summed E-state index contributed by atoms with van der Waals surface area (Å²) in [5, 5.41) is 0. The molecular formula is C14H28NO3P. The second kappa shape index (κ2) is 7.78. The fourth-order valence-corrected chi connectivity index (χ4v) is 4.99. The Morgan fingerprint density at radius 2 is 1.26 bits per heavy atom. The smallest absolute Gasteiger partial charge is 0.330 e. The van der Waals surface area contributed by atoms with Gasteiger partial charge in [0, 0.05) is 6.54 Å². The SMILES string of the molecule is NCCP(=O)(OC1CCCCC1)OC1CCCCC1. The van der Waals surface area contributed by atoms with Gasteiger partial charge < -0.3 is 14.8 Å². The van der Waals surface area contributed by atoms with Crippen molar-refractivity contribution >= 4 is 7.60 Å². The van der Waals surface area contributed by atoms with Crippen LogP contribution < -0.4 is 5.73 Å². The van der Waals surface area contributed by atoms with Gasteiger partial charge in [0.15, 0.2) is 0 Å². The summed E-state index contributed by atoms with van der Waals surface area (Å²) < 4.78 is 24.6.